The Hall–Kier alpha value is -2.19. The summed E-state index contributed by atoms with van der Waals surface area (Å²) in [5, 5.41) is 0. The molecule has 1 aliphatic heterocycles. The number of carbonyl (C=O) groups excluding carboxylic acids is 2. The molecule has 1 aromatic carbocycles. The molecule has 1 atom stereocenters. The highest BCUT2D eigenvalue weighted by Gasteiger charge is 2.74. The molecule has 1 saturated carbocycles. The van der Waals surface area contributed by atoms with Gasteiger partial charge in [-0.25, -0.2) is 8.78 Å². The number of nitrogens with zero attached hydrogens (tertiary/aromatic N) is 1. The van der Waals surface area contributed by atoms with Gasteiger partial charge in [-0.15, -0.1) is 0 Å². The molecule has 1 heterocycles. The van der Waals surface area contributed by atoms with Gasteiger partial charge in [-0.05, 0) is 23.8 Å². The third-order valence-electron chi connectivity index (χ3n) is 4.49. The zero-order valence-electron chi connectivity index (χ0n) is 12.4. The normalized spacial score (nSPS) is 24.8. The Kier molecular flexibility index (Phi) is 3.40. The monoisotopic (exact) mass is 349 g/mol. The van der Waals surface area contributed by atoms with Crippen molar-refractivity contribution in [2.24, 2.45) is 0 Å². The predicted molar refractivity (Wildman–Crippen MR) is 70.6 cm³/mol. The largest absolute Gasteiger partial charge is 0.468 e. The van der Waals surface area contributed by atoms with Gasteiger partial charge < -0.3 is 9.64 Å². The number of carbonyl (C=O) groups is 2. The molecule has 0 bridgehead atoms. The van der Waals surface area contributed by atoms with Gasteiger partial charge in [0.15, 0.2) is 0 Å². The van der Waals surface area contributed by atoms with Crippen LogP contribution < -0.4 is 0 Å². The Morgan fingerprint density at radius 3 is 2.46 bits per heavy atom. The van der Waals surface area contributed by atoms with Crippen LogP contribution in [0.4, 0.5) is 22.0 Å². The van der Waals surface area contributed by atoms with Crippen molar-refractivity contribution in [3.8, 4) is 0 Å². The molecule has 1 unspecified atom stereocenters. The van der Waals surface area contributed by atoms with Gasteiger partial charge >= 0.3 is 12.1 Å². The molecule has 1 amide bonds. The Labute approximate surface area is 133 Å². The molecule has 9 heteroatoms. The van der Waals surface area contributed by atoms with Crippen LogP contribution in [0, 0.1) is 0 Å². The van der Waals surface area contributed by atoms with E-state index in [1.54, 1.807) is 0 Å². The highest BCUT2D eigenvalue weighted by Crippen LogP contribution is 2.64. The van der Waals surface area contributed by atoms with Gasteiger partial charge in [-0.1, -0.05) is 0 Å². The van der Waals surface area contributed by atoms with Crippen molar-refractivity contribution in [1.82, 2.24) is 4.90 Å². The van der Waals surface area contributed by atoms with Crippen molar-refractivity contribution in [2.45, 2.75) is 23.9 Å². The number of hydrogen-bond acceptors (Lipinski definition) is 3. The van der Waals surface area contributed by atoms with Crippen molar-refractivity contribution >= 4 is 11.9 Å². The van der Waals surface area contributed by atoms with E-state index in [2.05, 4.69) is 4.74 Å². The van der Waals surface area contributed by atoms with Crippen LogP contribution in [0.15, 0.2) is 18.2 Å². The third kappa shape index (κ3) is 2.33. The lowest BCUT2D eigenvalue weighted by Gasteiger charge is -2.34. The SMILES string of the molecule is COC(=O)CN1CC2(CC2(F)F)c2cc(C(F)(F)F)ccc2C1=O. The molecule has 0 radical (unpaired) electrons. The second kappa shape index (κ2) is 4.90. The summed E-state index contributed by atoms with van der Waals surface area (Å²) >= 11 is 0. The van der Waals surface area contributed by atoms with E-state index in [9.17, 15) is 31.5 Å². The smallest absolute Gasteiger partial charge is 0.416 e. The Morgan fingerprint density at radius 1 is 1.33 bits per heavy atom. The van der Waals surface area contributed by atoms with Crippen LogP contribution in [0.3, 0.4) is 0 Å². The van der Waals surface area contributed by atoms with Crippen molar-refractivity contribution in [3.05, 3.63) is 34.9 Å². The molecule has 1 spiro atoms. The minimum absolute atomic E-state index is 0.240. The fraction of sp³-hybridized carbons (Fsp3) is 0.467. The number of methoxy groups -OCH3 is 1. The van der Waals surface area contributed by atoms with Gasteiger partial charge in [0, 0.05) is 18.5 Å². The summed E-state index contributed by atoms with van der Waals surface area (Å²) in [6.45, 7) is -1.06. The highest BCUT2D eigenvalue weighted by molar-refractivity contribution is 5.99. The van der Waals surface area contributed by atoms with Crippen LogP contribution in [-0.2, 0) is 21.1 Å². The van der Waals surface area contributed by atoms with E-state index in [0.717, 1.165) is 18.1 Å². The fourth-order valence-corrected chi connectivity index (χ4v) is 3.10. The molecule has 0 N–H and O–H groups in total. The third-order valence-corrected chi connectivity index (χ3v) is 4.49. The number of benzene rings is 1. The zero-order valence-corrected chi connectivity index (χ0v) is 12.4. The van der Waals surface area contributed by atoms with E-state index in [-0.39, 0.29) is 11.1 Å². The van der Waals surface area contributed by atoms with Crippen LogP contribution >= 0.6 is 0 Å². The second-order valence-electron chi connectivity index (χ2n) is 5.96. The van der Waals surface area contributed by atoms with Gasteiger partial charge in [-0.2, -0.15) is 13.2 Å². The number of hydrogen-bond donors (Lipinski definition) is 0. The molecule has 1 aromatic rings. The molecule has 3 rings (SSSR count). The summed E-state index contributed by atoms with van der Waals surface area (Å²) < 4.78 is 71.0. The summed E-state index contributed by atoms with van der Waals surface area (Å²) in [6, 6.07) is 2.18. The van der Waals surface area contributed by atoms with E-state index in [1.807, 2.05) is 0 Å². The lowest BCUT2D eigenvalue weighted by Crippen LogP contribution is -2.48. The van der Waals surface area contributed by atoms with Crippen LogP contribution in [-0.4, -0.2) is 42.9 Å². The lowest BCUT2D eigenvalue weighted by atomic mass is 9.84. The number of halogens is 5. The molecule has 0 saturated heterocycles. The Balaban J connectivity index is 2.08. The molecular formula is C15H12F5NO3. The topological polar surface area (TPSA) is 46.6 Å². The van der Waals surface area contributed by atoms with Gasteiger partial charge in [-0.3, -0.25) is 9.59 Å². The lowest BCUT2D eigenvalue weighted by molar-refractivity contribution is -0.141. The standard InChI is InChI=1S/C15H12F5NO3/c1-24-11(22)5-21-7-13(6-14(13,16)17)10-4-8(15(18,19)20)2-3-9(10)12(21)23/h2-4H,5-7H2,1H3. The molecular weight excluding hydrogens is 337 g/mol. The maximum atomic E-state index is 14.0. The number of fused-ring (bicyclic) bond motifs is 2. The fourth-order valence-electron chi connectivity index (χ4n) is 3.10. The number of alkyl halides is 5. The second-order valence-corrected chi connectivity index (χ2v) is 5.96. The number of rotatable bonds is 2. The van der Waals surface area contributed by atoms with E-state index in [4.69, 9.17) is 0 Å². The average molecular weight is 349 g/mol. The van der Waals surface area contributed by atoms with Crippen molar-refractivity contribution in [3.63, 3.8) is 0 Å². The molecule has 0 aromatic heterocycles. The average Bonchev–Trinajstić information content (AvgIpc) is 3.04. The highest BCUT2D eigenvalue weighted by atomic mass is 19.4. The predicted octanol–water partition coefficient (Wildman–Crippen LogP) is 2.61. The summed E-state index contributed by atoms with van der Waals surface area (Å²) in [5.41, 5.74) is -3.52. The molecule has 24 heavy (non-hydrogen) atoms. The van der Waals surface area contributed by atoms with Gasteiger partial charge in [0.1, 0.15) is 6.54 Å². The van der Waals surface area contributed by atoms with Gasteiger partial charge in [0.2, 0.25) is 0 Å². The Bertz CT molecular complexity index is 730. The number of esters is 1. The van der Waals surface area contributed by atoms with E-state index >= 15 is 0 Å². The van der Waals surface area contributed by atoms with Crippen LogP contribution in [0.25, 0.3) is 0 Å². The van der Waals surface area contributed by atoms with Gasteiger partial charge in [0.25, 0.3) is 11.8 Å². The maximum Gasteiger partial charge on any atom is 0.416 e. The maximum absolute atomic E-state index is 14.0. The van der Waals surface area contributed by atoms with Crippen LogP contribution in [0.1, 0.15) is 27.9 Å². The van der Waals surface area contributed by atoms with Crippen molar-refractivity contribution < 1.29 is 36.3 Å². The van der Waals surface area contributed by atoms with Crippen LogP contribution in [0.2, 0.25) is 0 Å². The Morgan fingerprint density at radius 2 is 1.96 bits per heavy atom. The minimum atomic E-state index is -4.70. The van der Waals surface area contributed by atoms with Gasteiger partial charge in [0.05, 0.1) is 18.1 Å². The molecule has 2 aliphatic rings. The number of amides is 1. The summed E-state index contributed by atoms with van der Waals surface area (Å²) in [7, 11) is 1.09. The quantitative estimate of drug-likeness (QED) is 0.609. The first-order chi connectivity index (χ1) is 11.0. The first-order valence-electron chi connectivity index (χ1n) is 6.97. The van der Waals surface area contributed by atoms with E-state index in [0.29, 0.717) is 12.1 Å². The molecule has 130 valence electrons. The molecule has 1 aliphatic carbocycles. The van der Waals surface area contributed by atoms with E-state index < -0.39 is 54.5 Å². The van der Waals surface area contributed by atoms with E-state index in [1.165, 1.54) is 0 Å². The zero-order chi connectivity index (χ0) is 17.9. The number of ether oxygens (including phenoxy) is 1. The molecule has 1 fully saturated rings. The van der Waals surface area contributed by atoms with Crippen molar-refractivity contribution in [2.75, 3.05) is 20.2 Å². The first kappa shape index (κ1) is 16.7. The molecule has 4 nitrogen and oxygen atoms in total. The summed E-state index contributed by atoms with van der Waals surface area (Å²) in [5.74, 6) is -4.80. The minimum Gasteiger partial charge on any atom is -0.468 e. The summed E-state index contributed by atoms with van der Waals surface area (Å²) in [6.07, 6.45) is -5.37. The summed E-state index contributed by atoms with van der Waals surface area (Å²) in [4.78, 5) is 24.6. The first-order valence-corrected chi connectivity index (χ1v) is 6.97. The van der Waals surface area contributed by atoms with Crippen molar-refractivity contribution in [1.29, 1.82) is 0 Å². The van der Waals surface area contributed by atoms with Crippen LogP contribution in [0.5, 0.6) is 0 Å².